The van der Waals surface area contributed by atoms with Crippen LogP contribution in [0.5, 0.6) is 0 Å². The monoisotopic (exact) mass is 427 g/mol. The van der Waals surface area contributed by atoms with Gasteiger partial charge in [-0.05, 0) is 43.9 Å². The number of carbonyl (C=O) groups is 2. The Labute approximate surface area is 185 Å². The molecule has 1 fully saturated rings. The van der Waals surface area contributed by atoms with Crippen molar-refractivity contribution in [1.82, 2.24) is 9.88 Å². The van der Waals surface area contributed by atoms with Crippen molar-refractivity contribution in [3.05, 3.63) is 30.0 Å². The van der Waals surface area contributed by atoms with Crippen molar-refractivity contribution in [3.8, 4) is 0 Å². The summed E-state index contributed by atoms with van der Waals surface area (Å²) in [4.78, 5) is 30.7. The Morgan fingerprint density at radius 1 is 1.13 bits per heavy atom. The van der Waals surface area contributed by atoms with E-state index in [1.165, 1.54) is 32.1 Å². The van der Waals surface area contributed by atoms with E-state index in [9.17, 15) is 14.7 Å². The first kappa shape index (κ1) is 23.3. The third kappa shape index (κ3) is 6.33. The van der Waals surface area contributed by atoms with Crippen molar-refractivity contribution in [1.29, 1.82) is 0 Å². The van der Waals surface area contributed by atoms with Crippen molar-refractivity contribution in [3.63, 3.8) is 0 Å². The quantitative estimate of drug-likeness (QED) is 0.429. The molecular formula is C25H37N3O3. The summed E-state index contributed by atoms with van der Waals surface area (Å²) in [5.74, 6) is -0.0874. The smallest absolute Gasteiger partial charge is 0.254 e. The van der Waals surface area contributed by atoms with Crippen molar-refractivity contribution < 1.29 is 14.7 Å². The predicted octanol–water partition coefficient (Wildman–Crippen LogP) is 5.23. The third-order valence-electron chi connectivity index (χ3n) is 6.29. The Hall–Kier alpha value is -2.34. The fourth-order valence-electron chi connectivity index (χ4n) is 4.49. The Balaban J connectivity index is 1.63. The molecule has 0 saturated carbocycles. The van der Waals surface area contributed by atoms with Crippen LogP contribution in [0.4, 0.5) is 5.69 Å². The summed E-state index contributed by atoms with van der Waals surface area (Å²) in [5, 5.41) is 13.5. The molecule has 0 bridgehead atoms. The minimum atomic E-state index is -0.134. The molecule has 3 N–H and O–H groups in total. The van der Waals surface area contributed by atoms with Crippen LogP contribution >= 0.6 is 0 Å². The second kappa shape index (κ2) is 11.9. The van der Waals surface area contributed by atoms with Crippen LogP contribution in [0, 0.1) is 0 Å². The van der Waals surface area contributed by atoms with Crippen molar-refractivity contribution in [2.45, 2.75) is 83.6 Å². The number of rotatable bonds is 11. The van der Waals surface area contributed by atoms with Crippen LogP contribution in [-0.2, 0) is 4.79 Å². The maximum Gasteiger partial charge on any atom is 0.254 e. The molecule has 1 saturated heterocycles. The Bertz CT molecular complexity index is 861. The van der Waals surface area contributed by atoms with Gasteiger partial charge in [-0.25, -0.2) is 0 Å². The molecule has 2 aromatic rings. The summed E-state index contributed by atoms with van der Waals surface area (Å²) >= 11 is 0. The van der Waals surface area contributed by atoms with E-state index in [0.717, 1.165) is 43.0 Å². The van der Waals surface area contributed by atoms with Gasteiger partial charge in [-0.2, -0.15) is 0 Å². The lowest BCUT2D eigenvalue weighted by atomic mass is 10.00. The van der Waals surface area contributed by atoms with Gasteiger partial charge in [0.15, 0.2) is 0 Å². The van der Waals surface area contributed by atoms with Crippen LogP contribution in [0.2, 0.25) is 0 Å². The molecule has 0 unspecified atom stereocenters. The molecular weight excluding hydrogens is 390 g/mol. The lowest BCUT2D eigenvalue weighted by Crippen LogP contribution is -2.45. The molecule has 0 aliphatic carbocycles. The van der Waals surface area contributed by atoms with Crippen LogP contribution in [0.25, 0.3) is 10.9 Å². The maximum atomic E-state index is 13.3. The molecule has 2 heterocycles. The van der Waals surface area contributed by atoms with Gasteiger partial charge in [0, 0.05) is 35.8 Å². The van der Waals surface area contributed by atoms with E-state index in [4.69, 9.17) is 0 Å². The minimum absolute atomic E-state index is 0.0101. The average molecular weight is 428 g/mol. The van der Waals surface area contributed by atoms with Gasteiger partial charge in [0.1, 0.15) is 0 Å². The zero-order valence-electron chi connectivity index (χ0n) is 18.8. The molecule has 2 amide bonds. The number of amides is 2. The standard InChI is InChI=1S/C25H37N3O3/c1-2-3-4-5-6-7-8-12-24(30)27-19-16-22(21-13-14-26-23(21)17-19)25(31)28-15-10-9-11-20(28)18-29/h13-14,16-17,20,26,29H,2-12,15,18H2,1H3,(H,27,30)/t20-/m0/s1. The van der Waals surface area contributed by atoms with E-state index in [1.54, 1.807) is 11.0 Å². The first-order valence-corrected chi connectivity index (χ1v) is 12.0. The van der Waals surface area contributed by atoms with Crippen LogP contribution in [0.3, 0.4) is 0 Å². The Morgan fingerprint density at radius 3 is 2.68 bits per heavy atom. The molecule has 31 heavy (non-hydrogen) atoms. The Kier molecular flexibility index (Phi) is 8.95. The fraction of sp³-hybridized carbons (Fsp3) is 0.600. The van der Waals surface area contributed by atoms with Gasteiger partial charge in [0.05, 0.1) is 18.2 Å². The number of benzene rings is 1. The number of likely N-dealkylation sites (tertiary alicyclic amines) is 1. The number of aliphatic hydroxyl groups is 1. The van der Waals surface area contributed by atoms with Gasteiger partial charge in [-0.3, -0.25) is 9.59 Å². The topological polar surface area (TPSA) is 85.4 Å². The lowest BCUT2D eigenvalue weighted by molar-refractivity contribution is -0.116. The number of nitrogens with one attached hydrogen (secondary N) is 2. The minimum Gasteiger partial charge on any atom is -0.394 e. The van der Waals surface area contributed by atoms with E-state index in [1.807, 2.05) is 18.3 Å². The SMILES string of the molecule is CCCCCCCCCC(=O)Nc1cc(C(=O)N2CCCC[C@H]2CO)c2cc[nH]c2c1. The molecule has 1 aromatic carbocycles. The summed E-state index contributed by atoms with van der Waals surface area (Å²) in [5.41, 5.74) is 2.05. The van der Waals surface area contributed by atoms with Crippen molar-refractivity contribution >= 4 is 28.4 Å². The van der Waals surface area contributed by atoms with E-state index in [-0.39, 0.29) is 24.5 Å². The van der Waals surface area contributed by atoms with Gasteiger partial charge in [-0.15, -0.1) is 0 Å². The average Bonchev–Trinajstić information content (AvgIpc) is 3.26. The molecule has 0 radical (unpaired) electrons. The lowest BCUT2D eigenvalue weighted by Gasteiger charge is -2.35. The number of hydrogen-bond acceptors (Lipinski definition) is 3. The number of nitrogens with zero attached hydrogens (tertiary/aromatic N) is 1. The molecule has 0 spiro atoms. The van der Waals surface area contributed by atoms with Gasteiger partial charge in [0.2, 0.25) is 5.91 Å². The number of aliphatic hydroxyl groups excluding tert-OH is 1. The van der Waals surface area contributed by atoms with Crippen molar-refractivity contribution in [2.75, 3.05) is 18.5 Å². The van der Waals surface area contributed by atoms with Crippen molar-refractivity contribution in [2.24, 2.45) is 0 Å². The van der Waals surface area contributed by atoms with E-state index in [2.05, 4.69) is 17.2 Å². The number of aromatic nitrogens is 1. The number of piperidine rings is 1. The number of hydrogen-bond donors (Lipinski definition) is 3. The highest BCUT2D eigenvalue weighted by atomic mass is 16.3. The summed E-state index contributed by atoms with van der Waals surface area (Å²) in [6.07, 6.45) is 13.3. The molecule has 3 rings (SSSR count). The highest BCUT2D eigenvalue weighted by Crippen LogP contribution is 2.27. The summed E-state index contributed by atoms with van der Waals surface area (Å²) in [6.45, 7) is 2.85. The normalized spacial score (nSPS) is 16.6. The second-order valence-electron chi connectivity index (χ2n) is 8.71. The number of aromatic amines is 1. The van der Waals surface area contributed by atoms with Gasteiger partial charge >= 0.3 is 0 Å². The number of fused-ring (bicyclic) bond motifs is 1. The van der Waals surface area contributed by atoms with Crippen LogP contribution in [0.1, 0.15) is 87.9 Å². The number of H-pyrrole nitrogens is 1. The zero-order valence-corrected chi connectivity index (χ0v) is 18.8. The van der Waals surface area contributed by atoms with Gasteiger partial charge < -0.3 is 20.3 Å². The first-order valence-electron chi connectivity index (χ1n) is 12.0. The Morgan fingerprint density at radius 2 is 1.90 bits per heavy atom. The summed E-state index contributed by atoms with van der Waals surface area (Å²) in [6, 6.07) is 5.43. The maximum absolute atomic E-state index is 13.3. The molecule has 6 heteroatoms. The largest absolute Gasteiger partial charge is 0.394 e. The molecule has 1 aliphatic rings. The van der Waals surface area contributed by atoms with Crippen LogP contribution < -0.4 is 5.32 Å². The number of unbranched alkanes of at least 4 members (excludes halogenated alkanes) is 6. The molecule has 6 nitrogen and oxygen atoms in total. The number of anilines is 1. The zero-order chi connectivity index (χ0) is 22.1. The van der Waals surface area contributed by atoms with Crippen LogP contribution in [0.15, 0.2) is 24.4 Å². The molecule has 1 aromatic heterocycles. The predicted molar refractivity (Wildman–Crippen MR) is 125 cm³/mol. The van der Waals surface area contributed by atoms with Crippen LogP contribution in [-0.4, -0.2) is 46.0 Å². The summed E-state index contributed by atoms with van der Waals surface area (Å²) < 4.78 is 0. The highest BCUT2D eigenvalue weighted by molar-refractivity contribution is 6.09. The van der Waals surface area contributed by atoms with E-state index >= 15 is 0 Å². The summed E-state index contributed by atoms with van der Waals surface area (Å²) in [7, 11) is 0. The van der Waals surface area contributed by atoms with E-state index in [0.29, 0.717) is 24.2 Å². The number of carbonyl (C=O) groups excluding carboxylic acids is 2. The second-order valence-corrected chi connectivity index (χ2v) is 8.71. The van der Waals surface area contributed by atoms with Gasteiger partial charge in [0.25, 0.3) is 5.91 Å². The highest BCUT2D eigenvalue weighted by Gasteiger charge is 2.28. The van der Waals surface area contributed by atoms with E-state index < -0.39 is 0 Å². The third-order valence-corrected chi connectivity index (χ3v) is 6.29. The van der Waals surface area contributed by atoms with Gasteiger partial charge in [-0.1, -0.05) is 45.4 Å². The molecule has 1 aliphatic heterocycles. The fourth-order valence-corrected chi connectivity index (χ4v) is 4.49. The molecule has 170 valence electrons. The first-order chi connectivity index (χ1) is 15.1. The molecule has 1 atom stereocenters.